The number of hydrogen-bond donors (Lipinski definition) is 0. The van der Waals surface area contributed by atoms with Gasteiger partial charge in [-0.05, 0) is 37.8 Å². The lowest BCUT2D eigenvalue weighted by Crippen LogP contribution is -2.36. The molecule has 5 heteroatoms. The third kappa shape index (κ3) is 3.90. The van der Waals surface area contributed by atoms with Crippen molar-refractivity contribution in [3.8, 4) is 0 Å². The molecule has 0 aromatic carbocycles. The van der Waals surface area contributed by atoms with Crippen molar-refractivity contribution < 1.29 is 4.74 Å². The average molecular weight is 270 g/mol. The Balaban J connectivity index is 1.96. The van der Waals surface area contributed by atoms with Crippen molar-refractivity contribution in [2.75, 3.05) is 20.3 Å². The van der Waals surface area contributed by atoms with Gasteiger partial charge in [-0.1, -0.05) is 11.6 Å². The van der Waals surface area contributed by atoms with E-state index in [1.54, 1.807) is 13.2 Å². The molecular weight excluding hydrogens is 250 g/mol. The monoisotopic (exact) mass is 269 g/mol. The number of hydrogen-bond acceptors (Lipinski definition) is 4. The minimum atomic E-state index is 0.442. The van der Waals surface area contributed by atoms with E-state index in [0.29, 0.717) is 11.2 Å². The highest BCUT2D eigenvalue weighted by Gasteiger charge is 2.31. The predicted octanol–water partition coefficient (Wildman–Crippen LogP) is 2.38. The molecule has 1 atom stereocenters. The van der Waals surface area contributed by atoms with Gasteiger partial charge in [0.05, 0.1) is 12.3 Å². The lowest BCUT2D eigenvalue weighted by molar-refractivity contribution is 0.110. The second-order valence-corrected chi connectivity index (χ2v) is 5.28. The van der Waals surface area contributed by atoms with E-state index < -0.39 is 0 Å². The van der Waals surface area contributed by atoms with Crippen molar-refractivity contribution in [1.29, 1.82) is 0 Å². The van der Waals surface area contributed by atoms with E-state index in [2.05, 4.69) is 22.0 Å². The zero-order valence-electron chi connectivity index (χ0n) is 11.0. The Hall–Kier alpha value is -0.710. The van der Waals surface area contributed by atoms with E-state index >= 15 is 0 Å². The van der Waals surface area contributed by atoms with E-state index in [9.17, 15) is 0 Å². The van der Waals surface area contributed by atoms with Crippen LogP contribution in [0, 0.1) is 5.92 Å². The second kappa shape index (κ2) is 6.45. The third-order valence-electron chi connectivity index (χ3n) is 3.52. The van der Waals surface area contributed by atoms with E-state index in [0.717, 1.165) is 31.3 Å². The van der Waals surface area contributed by atoms with Gasteiger partial charge in [0.15, 0.2) is 5.15 Å². The molecule has 0 saturated heterocycles. The Labute approximate surface area is 113 Å². The van der Waals surface area contributed by atoms with Crippen LogP contribution in [-0.4, -0.2) is 41.4 Å². The summed E-state index contributed by atoms with van der Waals surface area (Å²) in [6.45, 7) is 4.78. The summed E-state index contributed by atoms with van der Waals surface area (Å²) in [7, 11) is 1.74. The van der Waals surface area contributed by atoms with Crippen LogP contribution in [0.25, 0.3) is 0 Å². The standard InChI is InChI=1S/C13H20ClN3O/c1-10(11-3-4-11)17(7-8-18-2)9-12-5-6-13(14)16-15-12/h5-6,10-11H,3-4,7-9H2,1-2H3. The van der Waals surface area contributed by atoms with Crippen molar-refractivity contribution in [3.63, 3.8) is 0 Å². The summed E-state index contributed by atoms with van der Waals surface area (Å²) in [5.74, 6) is 0.835. The summed E-state index contributed by atoms with van der Waals surface area (Å²) >= 11 is 5.75. The van der Waals surface area contributed by atoms with Crippen molar-refractivity contribution >= 4 is 11.6 Å². The fraction of sp³-hybridized carbons (Fsp3) is 0.692. The Morgan fingerprint density at radius 2 is 2.22 bits per heavy atom. The molecule has 1 fully saturated rings. The summed E-state index contributed by atoms with van der Waals surface area (Å²) < 4.78 is 5.18. The predicted molar refractivity (Wildman–Crippen MR) is 71.5 cm³/mol. The van der Waals surface area contributed by atoms with Crippen molar-refractivity contribution in [3.05, 3.63) is 23.0 Å². The SMILES string of the molecule is COCCN(Cc1ccc(Cl)nn1)C(C)C1CC1. The van der Waals surface area contributed by atoms with Gasteiger partial charge in [0.2, 0.25) is 0 Å². The molecule has 2 rings (SSSR count). The molecule has 18 heavy (non-hydrogen) atoms. The molecule has 1 unspecified atom stereocenters. The first kappa shape index (κ1) is 13.7. The highest BCUT2D eigenvalue weighted by Crippen LogP contribution is 2.35. The Kier molecular flexibility index (Phi) is 4.92. The minimum absolute atomic E-state index is 0.442. The number of methoxy groups -OCH3 is 1. The molecule has 0 amide bonds. The van der Waals surface area contributed by atoms with Crippen LogP contribution < -0.4 is 0 Å². The van der Waals surface area contributed by atoms with Gasteiger partial charge in [-0.2, -0.15) is 5.10 Å². The van der Waals surface area contributed by atoms with Crippen LogP contribution in [0.1, 0.15) is 25.5 Å². The molecule has 1 saturated carbocycles. The summed E-state index contributed by atoms with van der Waals surface area (Å²) in [6, 6.07) is 4.31. The molecule has 1 aliphatic carbocycles. The molecule has 4 nitrogen and oxygen atoms in total. The number of ether oxygens (including phenoxy) is 1. The maximum absolute atomic E-state index is 5.75. The van der Waals surface area contributed by atoms with Crippen molar-refractivity contribution in [2.45, 2.75) is 32.4 Å². The molecule has 0 bridgehead atoms. The van der Waals surface area contributed by atoms with Gasteiger partial charge in [-0.15, -0.1) is 5.10 Å². The number of rotatable bonds is 7. The molecule has 1 aromatic heterocycles. The van der Waals surface area contributed by atoms with Crippen LogP contribution in [0.5, 0.6) is 0 Å². The quantitative estimate of drug-likeness (QED) is 0.762. The van der Waals surface area contributed by atoms with Crippen LogP contribution in [0.3, 0.4) is 0 Å². The van der Waals surface area contributed by atoms with Crippen LogP contribution in [0.4, 0.5) is 0 Å². The van der Waals surface area contributed by atoms with Crippen molar-refractivity contribution in [1.82, 2.24) is 15.1 Å². The molecular formula is C13H20ClN3O. The van der Waals surface area contributed by atoms with E-state index in [4.69, 9.17) is 16.3 Å². The zero-order chi connectivity index (χ0) is 13.0. The highest BCUT2D eigenvalue weighted by molar-refractivity contribution is 6.29. The molecule has 1 aliphatic rings. The van der Waals surface area contributed by atoms with Crippen LogP contribution in [0.15, 0.2) is 12.1 Å². The largest absolute Gasteiger partial charge is 0.383 e. The number of halogens is 1. The summed E-state index contributed by atoms with van der Waals surface area (Å²) in [5.41, 5.74) is 0.961. The normalized spacial score (nSPS) is 17.1. The maximum atomic E-state index is 5.75. The fourth-order valence-corrected chi connectivity index (χ4v) is 2.25. The first-order chi connectivity index (χ1) is 8.70. The van der Waals surface area contributed by atoms with Gasteiger partial charge < -0.3 is 4.74 Å². The summed E-state index contributed by atoms with van der Waals surface area (Å²) in [4.78, 5) is 2.42. The molecule has 0 aliphatic heterocycles. The van der Waals surface area contributed by atoms with Crippen molar-refractivity contribution in [2.24, 2.45) is 5.92 Å². The third-order valence-corrected chi connectivity index (χ3v) is 3.72. The van der Waals surface area contributed by atoms with Crippen LogP contribution in [-0.2, 0) is 11.3 Å². The van der Waals surface area contributed by atoms with Gasteiger partial charge in [-0.3, -0.25) is 4.90 Å². The summed E-state index contributed by atoms with van der Waals surface area (Å²) in [6.07, 6.45) is 2.69. The lowest BCUT2D eigenvalue weighted by atomic mass is 10.1. The van der Waals surface area contributed by atoms with Crippen LogP contribution in [0.2, 0.25) is 5.15 Å². The van der Waals surface area contributed by atoms with Gasteiger partial charge >= 0.3 is 0 Å². The number of aromatic nitrogens is 2. The van der Waals surface area contributed by atoms with Gasteiger partial charge in [0.1, 0.15) is 0 Å². The Morgan fingerprint density at radius 1 is 1.44 bits per heavy atom. The first-order valence-electron chi connectivity index (χ1n) is 6.42. The Bertz CT molecular complexity index is 367. The lowest BCUT2D eigenvalue weighted by Gasteiger charge is -2.28. The topological polar surface area (TPSA) is 38.2 Å². The van der Waals surface area contributed by atoms with E-state index in [1.807, 2.05) is 6.07 Å². The second-order valence-electron chi connectivity index (χ2n) is 4.89. The molecule has 0 radical (unpaired) electrons. The van der Waals surface area contributed by atoms with Gasteiger partial charge in [-0.25, -0.2) is 0 Å². The first-order valence-corrected chi connectivity index (χ1v) is 6.79. The van der Waals surface area contributed by atoms with Gasteiger partial charge in [0, 0.05) is 26.2 Å². The molecule has 100 valence electrons. The smallest absolute Gasteiger partial charge is 0.151 e. The fourth-order valence-electron chi connectivity index (χ4n) is 2.15. The average Bonchev–Trinajstić information content (AvgIpc) is 3.20. The molecule has 0 spiro atoms. The Morgan fingerprint density at radius 3 is 2.78 bits per heavy atom. The molecule has 0 N–H and O–H groups in total. The van der Waals surface area contributed by atoms with Gasteiger partial charge in [0.25, 0.3) is 0 Å². The van der Waals surface area contributed by atoms with E-state index in [-0.39, 0.29) is 0 Å². The minimum Gasteiger partial charge on any atom is -0.383 e. The highest BCUT2D eigenvalue weighted by atomic mass is 35.5. The van der Waals surface area contributed by atoms with E-state index in [1.165, 1.54) is 12.8 Å². The maximum Gasteiger partial charge on any atom is 0.151 e. The number of nitrogens with zero attached hydrogens (tertiary/aromatic N) is 3. The zero-order valence-corrected chi connectivity index (χ0v) is 11.7. The summed E-state index contributed by atoms with van der Waals surface area (Å²) in [5, 5.41) is 8.46. The molecule has 1 aromatic rings. The molecule has 1 heterocycles. The van der Waals surface area contributed by atoms with Crippen LogP contribution >= 0.6 is 11.6 Å².